The minimum atomic E-state index is -0.439. The van der Waals surface area contributed by atoms with Gasteiger partial charge in [-0.25, -0.2) is 9.37 Å². The molecule has 5 heteroatoms. The third-order valence-corrected chi connectivity index (χ3v) is 4.31. The number of thiazole rings is 1. The van der Waals surface area contributed by atoms with Gasteiger partial charge in [-0.15, -0.1) is 11.3 Å². The van der Waals surface area contributed by atoms with Crippen molar-refractivity contribution in [2.75, 3.05) is 0 Å². The highest BCUT2D eigenvalue weighted by atomic mass is 35.5. The number of ketones is 1. The zero-order chi connectivity index (χ0) is 15.6. The first kappa shape index (κ1) is 16.1. The van der Waals surface area contributed by atoms with Gasteiger partial charge >= 0.3 is 0 Å². The van der Waals surface area contributed by atoms with E-state index in [1.165, 1.54) is 23.5 Å². The third-order valence-electron chi connectivity index (χ3n) is 3.10. The Morgan fingerprint density at radius 2 is 2.05 bits per heavy atom. The molecule has 0 bridgehead atoms. The highest BCUT2D eigenvalue weighted by Crippen LogP contribution is 2.25. The fraction of sp³-hybridized carbons (Fsp3) is 0.375. The highest BCUT2D eigenvalue weighted by molar-refractivity contribution is 7.09. The van der Waals surface area contributed by atoms with Gasteiger partial charge < -0.3 is 0 Å². The summed E-state index contributed by atoms with van der Waals surface area (Å²) in [6, 6.07) is 4.44. The molecule has 2 nitrogen and oxygen atoms in total. The molecule has 0 aliphatic heterocycles. The van der Waals surface area contributed by atoms with Crippen LogP contribution < -0.4 is 0 Å². The van der Waals surface area contributed by atoms with Gasteiger partial charge in [-0.05, 0) is 12.1 Å². The lowest BCUT2D eigenvalue weighted by Crippen LogP contribution is -2.12. The molecule has 0 fully saturated rings. The normalized spacial score (nSPS) is 11.7. The van der Waals surface area contributed by atoms with Gasteiger partial charge in [-0.2, -0.15) is 0 Å². The van der Waals surface area contributed by atoms with Gasteiger partial charge in [0.05, 0.1) is 12.1 Å². The molecule has 0 amide bonds. The molecule has 112 valence electrons. The summed E-state index contributed by atoms with van der Waals surface area (Å²) in [4.78, 5) is 16.6. The predicted octanol–water partition coefficient (Wildman–Crippen LogP) is 4.59. The van der Waals surface area contributed by atoms with E-state index in [2.05, 4.69) is 25.8 Å². The zero-order valence-corrected chi connectivity index (χ0v) is 13.8. The monoisotopic (exact) mass is 325 g/mol. The standard InChI is InChI=1S/C16H17ClFNOS/c1-16(2,3)14-9-21-15(19-14)8-10(20)7-11-12(17)5-4-6-13(11)18/h4-6,9H,7-8H2,1-3H3. The van der Waals surface area contributed by atoms with Gasteiger partial charge in [-0.1, -0.05) is 38.4 Å². The van der Waals surface area contributed by atoms with E-state index in [1.54, 1.807) is 6.07 Å². The van der Waals surface area contributed by atoms with Crippen LogP contribution in [0.2, 0.25) is 5.02 Å². The van der Waals surface area contributed by atoms with Crippen LogP contribution in [0.15, 0.2) is 23.6 Å². The van der Waals surface area contributed by atoms with Gasteiger partial charge in [0.15, 0.2) is 0 Å². The van der Waals surface area contributed by atoms with E-state index in [1.807, 2.05) is 5.38 Å². The molecule has 0 aliphatic carbocycles. The minimum Gasteiger partial charge on any atom is -0.299 e. The number of benzene rings is 1. The van der Waals surface area contributed by atoms with Crippen LogP contribution in [0.1, 0.15) is 37.0 Å². The number of nitrogens with zero attached hydrogens (tertiary/aromatic N) is 1. The van der Waals surface area contributed by atoms with E-state index in [0.717, 1.165) is 10.7 Å². The molecule has 2 rings (SSSR count). The Bertz CT molecular complexity index is 640. The van der Waals surface area contributed by atoms with Crippen LogP contribution in [0.25, 0.3) is 0 Å². The second-order valence-corrected chi connectivity index (χ2v) is 7.32. The van der Waals surface area contributed by atoms with Gasteiger partial charge in [-0.3, -0.25) is 4.79 Å². The lowest BCUT2D eigenvalue weighted by molar-refractivity contribution is -0.117. The second-order valence-electron chi connectivity index (χ2n) is 5.97. The van der Waals surface area contributed by atoms with Crippen molar-refractivity contribution in [1.29, 1.82) is 0 Å². The second kappa shape index (κ2) is 6.24. The molecule has 0 saturated heterocycles. The number of carbonyl (C=O) groups is 1. The lowest BCUT2D eigenvalue weighted by atomic mass is 9.93. The first-order chi connectivity index (χ1) is 9.77. The van der Waals surface area contributed by atoms with Crippen molar-refractivity contribution in [1.82, 2.24) is 4.98 Å². The van der Waals surface area contributed by atoms with Crippen molar-refractivity contribution < 1.29 is 9.18 Å². The van der Waals surface area contributed by atoms with Gasteiger partial charge in [0.2, 0.25) is 0 Å². The Kier molecular flexibility index (Phi) is 4.79. The molecule has 1 heterocycles. The van der Waals surface area contributed by atoms with Crippen molar-refractivity contribution in [2.24, 2.45) is 0 Å². The van der Waals surface area contributed by atoms with Crippen LogP contribution in [0.4, 0.5) is 4.39 Å². The SMILES string of the molecule is CC(C)(C)c1csc(CC(=O)Cc2c(F)cccc2Cl)n1. The fourth-order valence-electron chi connectivity index (χ4n) is 1.87. The predicted molar refractivity (Wildman–Crippen MR) is 84.6 cm³/mol. The molecule has 2 aromatic rings. The fourth-order valence-corrected chi connectivity index (χ4v) is 3.15. The summed E-state index contributed by atoms with van der Waals surface area (Å²) in [6.07, 6.45) is 0.210. The molecule has 0 radical (unpaired) electrons. The number of Topliss-reactive ketones (excluding diaryl/α,β-unsaturated/α-hetero) is 1. The van der Waals surface area contributed by atoms with Crippen molar-refractivity contribution in [3.05, 3.63) is 50.7 Å². The Balaban J connectivity index is 2.07. The van der Waals surface area contributed by atoms with Crippen molar-refractivity contribution in [3.8, 4) is 0 Å². The maximum atomic E-state index is 13.7. The maximum absolute atomic E-state index is 13.7. The molecule has 1 aromatic carbocycles. The van der Waals surface area contributed by atoms with E-state index in [0.29, 0.717) is 0 Å². The molecule has 21 heavy (non-hydrogen) atoms. The summed E-state index contributed by atoms with van der Waals surface area (Å²) in [5, 5.41) is 3.02. The van der Waals surface area contributed by atoms with Crippen molar-refractivity contribution >= 4 is 28.7 Å². The highest BCUT2D eigenvalue weighted by Gasteiger charge is 2.19. The van der Waals surface area contributed by atoms with E-state index >= 15 is 0 Å². The third kappa shape index (κ3) is 4.11. The number of rotatable bonds is 4. The number of aromatic nitrogens is 1. The van der Waals surface area contributed by atoms with Crippen LogP contribution in [-0.2, 0) is 23.1 Å². The molecule has 1 aromatic heterocycles. The largest absolute Gasteiger partial charge is 0.299 e. The Morgan fingerprint density at radius 1 is 1.33 bits per heavy atom. The molecule has 0 unspecified atom stereocenters. The number of hydrogen-bond donors (Lipinski definition) is 0. The average molecular weight is 326 g/mol. The summed E-state index contributed by atoms with van der Waals surface area (Å²) in [5.74, 6) is -0.526. The lowest BCUT2D eigenvalue weighted by Gasteiger charge is -2.14. The van der Waals surface area contributed by atoms with Crippen LogP contribution in [0.5, 0.6) is 0 Å². The van der Waals surface area contributed by atoms with Gasteiger partial charge in [0.1, 0.15) is 16.6 Å². The quantitative estimate of drug-likeness (QED) is 0.823. The smallest absolute Gasteiger partial charge is 0.144 e. The van der Waals surface area contributed by atoms with E-state index in [9.17, 15) is 9.18 Å². The van der Waals surface area contributed by atoms with Crippen LogP contribution in [0.3, 0.4) is 0 Å². The van der Waals surface area contributed by atoms with Crippen LogP contribution >= 0.6 is 22.9 Å². The first-order valence-electron chi connectivity index (χ1n) is 6.67. The zero-order valence-electron chi connectivity index (χ0n) is 12.2. The molecule has 0 N–H and O–H groups in total. The number of carbonyl (C=O) groups excluding carboxylic acids is 1. The Hall–Kier alpha value is -1.26. The number of hydrogen-bond acceptors (Lipinski definition) is 3. The molecule has 0 atom stereocenters. The maximum Gasteiger partial charge on any atom is 0.144 e. The Morgan fingerprint density at radius 3 is 2.62 bits per heavy atom. The molecule has 0 spiro atoms. The molecule has 0 saturated carbocycles. The number of halogens is 2. The summed E-state index contributed by atoms with van der Waals surface area (Å²) in [5.41, 5.74) is 1.20. The van der Waals surface area contributed by atoms with E-state index in [-0.39, 0.29) is 34.6 Å². The summed E-state index contributed by atoms with van der Waals surface area (Å²) in [6.45, 7) is 6.23. The van der Waals surface area contributed by atoms with Crippen LogP contribution in [0, 0.1) is 5.82 Å². The van der Waals surface area contributed by atoms with Gasteiger partial charge in [0.25, 0.3) is 0 Å². The molecular weight excluding hydrogens is 309 g/mol. The topological polar surface area (TPSA) is 30.0 Å². The summed E-state index contributed by atoms with van der Waals surface area (Å²) in [7, 11) is 0. The summed E-state index contributed by atoms with van der Waals surface area (Å²) >= 11 is 7.40. The van der Waals surface area contributed by atoms with Crippen molar-refractivity contribution in [3.63, 3.8) is 0 Å². The average Bonchev–Trinajstić information content (AvgIpc) is 2.82. The van der Waals surface area contributed by atoms with E-state index in [4.69, 9.17) is 11.6 Å². The van der Waals surface area contributed by atoms with E-state index < -0.39 is 5.82 Å². The van der Waals surface area contributed by atoms with Crippen molar-refractivity contribution in [2.45, 2.75) is 39.0 Å². The first-order valence-corrected chi connectivity index (χ1v) is 7.92. The summed E-state index contributed by atoms with van der Waals surface area (Å²) < 4.78 is 13.7. The van der Waals surface area contributed by atoms with Crippen LogP contribution in [-0.4, -0.2) is 10.8 Å². The minimum absolute atomic E-state index is 0.00403. The molecular formula is C16H17ClFNOS. The van der Waals surface area contributed by atoms with Gasteiger partial charge in [0, 0.05) is 27.8 Å². The Labute approximate surface area is 133 Å². The molecule has 0 aliphatic rings.